The third-order valence-electron chi connectivity index (χ3n) is 4.60. The van der Waals surface area contributed by atoms with Gasteiger partial charge in [-0.1, -0.05) is 6.07 Å². The Morgan fingerprint density at radius 3 is 2.82 bits per heavy atom. The monoisotopic (exact) mass is 417 g/mol. The minimum absolute atomic E-state index is 0.105. The van der Waals surface area contributed by atoms with Crippen LogP contribution in [0, 0.1) is 0 Å². The highest BCUT2D eigenvalue weighted by Crippen LogP contribution is 2.47. The predicted molar refractivity (Wildman–Crippen MR) is 94.0 cm³/mol. The average Bonchev–Trinajstić information content (AvgIpc) is 3.13. The first-order valence-corrected chi connectivity index (χ1v) is 9.43. The van der Waals surface area contributed by atoms with Crippen molar-refractivity contribution in [3.8, 4) is 5.75 Å². The number of rotatable bonds is 4. The summed E-state index contributed by atoms with van der Waals surface area (Å²) in [5.41, 5.74) is 3.50. The highest BCUT2D eigenvalue weighted by atomic mass is 32.2. The molecular formula is C17H18F3N3O4S. The minimum Gasteiger partial charge on any atom is -0.484 e. The van der Waals surface area contributed by atoms with Crippen molar-refractivity contribution in [3.05, 3.63) is 29.8 Å². The van der Waals surface area contributed by atoms with Crippen molar-refractivity contribution in [2.75, 3.05) is 12.4 Å². The fraction of sp³-hybridized carbons (Fsp3) is 0.471. The molecule has 2 aliphatic heterocycles. The number of nitrogens with zero attached hydrogens (tertiary/aromatic N) is 1. The van der Waals surface area contributed by atoms with Crippen LogP contribution in [0.5, 0.6) is 5.75 Å². The summed E-state index contributed by atoms with van der Waals surface area (Å²) in [5.74, 6) is -1.08. The number of hydrazine groups is 1. The first-order valence-electron chi connectivity index (χ1n) is 8.45. The van der Waals surface area contributed by atoms with E-state index < -0.39 is 41.1 Å². The quantitative estimate of drug-likeness (QED) is 0.728. The van der Waals surface area contributed by atoms with E-state index in [4.69, 9.17) is 4.74 Å². The molecule has 2 aliphatic rings. The molecule has 0 spiro atoms. The lowest BCUT2D eigenvalue weighted by Crippen LogP contribution is -2.54. The smallest absolute Gasteiger partial charge is 0.416 e. The second-order valence-corrected chi connectivity index (χ2v) is 8.12. The van der Waals surface area contributed by atoms with Crippen LogP contribution in [0.3, 0.4) is 0 Å². The number of nitrogens with one attached hydrogen (secondary N) is 2. The van der Waals surface area contributed by atoms with Crippen LogP contribution >= 0.6 is 11.8 Å². The molecule has 0 bridgehead atoms. The zero-order valence-electron chi connectivity index (χ0n) is 14.8. The number of hydrogen-bond acceptors (Lipinski definition) is 5. The molecule has 2 heterocycles. The summed E-state index contributed by atoms with van der Waals surface area (Å²) >= 11 is 1.52. The van der Waals surface area contributed by atoms with E-state index in [1.807, 2.05) is 6.92 Å². The van der Waals surface area contributed by atoms with Crippen molar-refractivity contribution in [1.82, 2.24) is 15.8 Å². The first-order chi connectivity index (χ1) is 13.1. The van der Waals surface area contributed by atoms with E-state index in [1.165, 1.54) is 28.8 Å². The second kappa shape index (κ2) is 7.53. The summed E-state index contributed by atoms with van der Waals surface area (Å²) in [6.45, 7) is 1.32. The maximum absolute atomic E-state index is 12.7. The number of carbonyl (C=O) groups excluding carboxylic acids is 3. The number of hydrogen-bond donors (Lipinski definition) is 2. The van der Waals surface area contributed by atoms with Crippen LogP contribution in [0.1, 0.15) is 25.3 Å². The Morgan fingerprint density at radius 2 is 2.11 bits per heavy atom. The molecule has 0 aromatic heterocycles. The summed E-state index contributed by atoms with van der Waals surface area (Å²) < 4.78 is 43.0. The van der Waals surface area contributed by atoms with E-state index in [-0.39, 0.29) is 11.7 Å². The topological polar surface area (TPSA) is 87.7 Å². The zero-order valence-corrected chi connectivity index (χ0v) is 15.7. The van der Waals surface area contributed by atoms with Gasteiger partial charge in [0.05, 0.1) is 10.4 Å². The fourth-order valence-electron chi connectivity index (χ4n) is 3.18. The van der Waals surface area contributed by atoms with Crippen molar-refractivity contribution in [2.24, 2.45) is 0 Å². The third kappa shape index (κ3) is 4.18. The lowest BCUT2D eigenvalue weighted by atomic mass is 10.2. The number of carbonyl (C=O) groups is 3. The molecule has 0 unspecified atom stereocenters. The number of halogens is 3. The molecule has 0 radical (unpaired) electrons. The molecule has 2 N–H and O–H groups in total. The molecule has 28 heavy (non-hydrogen) atoms. The maximum Gasteiger partial charge on any atom is 0.416 e. The molecule has 7 nitrogen and oxygen atoms in total. The average molecular weight is 417 g/mol. The van der Waals surface area contributed by atoms with Crippen molar-refractivity contribution in [3.63, 3.8) is 0 Å². The number of ether oxygens (including phenoxy) is 1. The Labute approximate surface area is 162 Å². The van der Waals surface area contributed by atoms with Crippen molar-refractivity contribution in [2.45, 2.75) is 36.9 Å². The van der Waals surface area contributed by atoms with Gasteiger partial charge in [0, 0.05) is 12.2 Å². The molecule has 2 saturated heterocycles. The fourth-order valence-corrected chi connectivity index (χ4v) is 4.61. The SMILES string of the molecule is C[C@@]12CCC(=O)N1[C@H](C(=O)NNC(=O)COc1cccc(C(F)(F)F)c1)CS2. The van der Waals surface area contributed by atoms with Crippen LogP contribution in [0.25, 0.3) is 0 Å². The lowest BCUT2D eigenvalue weighted by molar-refractivity contribution is -0.139. The molecule has 1 aromatic rings. The number of thioether (sulfide) groups is 1. The Morgan fingerprint density at radius 1 is 1.36 bits per heavy atom. The lowest BCUT2D eigenvalue weighted by Gasteiger charge is -2.29. The standard InChI is InChI=1S/C17H18F3N3O4S/c1-16-6-5-14(25)23(16)12(9-28-16)15(26)22-21-13(24)8-27-11-4-2-3-10(7-11)17(18,19)20/h2-4,7,12H,5-6,8-9H2,1H3,(H,21,24)(H,22,26)/t12-,16+/m0/s1. The van der Waals surface area contributed by atoms with E-state index in [0.717, 1.165) is 12.1 Å². The zero-order chi connectivity index (χ0) is 20.5. The van der Waals surface area contributed by atoms with Gasteiger partial charge < -0.3 is 9.64 Å². The Bertz CT molecular complexity index is 804. The van der Waals surface area contributed by atoms with Gasteiger partial charge in [-0.2, -0.15) is 13.2 Å². The molecule has 11 heteroatoms. The van der Waals surface area contributed by atoms with Crippen LogP contribution < -0.4 is 15.6 Å². The molecule has 0 aliphatic carbocycles. The highest BCUT2D eigenvalue weighted by Gasteiger charge is 2.52. The van der Waals surface area contributed by atoms with Gasteiger partial charge in [-0.05, 0) is 31.5 Å². The molecule has 3 amide bonds. The van der Waals surface area contributed by atoms with Crippen LogP contribution in [0.15, 0.2) is 24.3 Å². The van der Waals surface area contributed by atoms with Gasteiger partial charge in [-0.3, -0.25) is 25.2 Å². The molecular weight excluding hydrogens is 399 g/mol. The van der Waals surface area contributed by atoms with E-state index in [9.17, 15) is 27.6 Å². The van der Waals surface area contributed by atoms with E-state index in [2.05, 4.69) is 10.9 Å². The Kier molecular flexibility index (Phi) is 5.46. The summed E-state index contributed by atoms with van der Waals surface area (Å²) in [5, 5.41) is 0. The number of alkyl halides is 3. The summed E-state index contributed by atoms with van der Waals surface area (Å²) in [6.07, 6.45) is -3.47. The van der Waals surface area contributed by atoms with E-state index in [0.29, 0.717) is 18.6 Å². The molecule has 2 atom stereocenters. The Hall–Kier alpha value is -2.43. The highest BCUT2D eigenvalue weighted by molar-refractivity contribution is 8.01. The van der Waals surface area contributed by atoms with Gasteiger partial charge in [0.2, 0.25) is 5.91 Å². The van der Waals surface area contributed by atoms with Gasteiger partial charge in [0.25, 0.3) is 11.8 Å². The van der Waals surface area contributed by atoms with Crippen molar-refractivity contribution in [1.29, 1.82) is 0 Å². The number of fused-ring (bicyclic) bond motifs is 1. The van der Waals surface area contributed by atoms with Crippen molar-refractivity contribution < 1.29 is 32.3 Å². The van der Waals surface area contributed by atoms with E-state index >= 15 is 0 Å². The van der Waals surface area contributed by atoms with Gasteiger partial charge in [0.1, 0.15) is 11.8 Å². The largest absolute Gasteiger partial charge is 0.484 e. The summed E-state index contributed by atoms with van der Waals surface area (Å²) in [4.78, 5) is 37.3. The van der Waals surface area contributed by atoms with Crippen LogP contribution in [0.2, 0.25) is 0 Å². The number of benzene rings is 1. The van der Waals surface area contributed by atoms with Gasteiger partial charge in [0.15, 0.2) is 6.61 Å². The molecule has 1 aromatic carbocycles. The van der Waals surface area contributed by atoms with Gasteiger partial charge in [-0.25, -0.2) is 0 Å². The normalized spacial score (nSPS) is 24.1. The summed E-state index contributed by atoms with van der Waals surface area (Å²) in [7, 11) is 0. The van der Waals surface area contributed by atoms with E-state index in [1.54, 1.807) is 0 Å². The summed E-state index contributed by atoms with van der Waals surface area (Å²) in [6, 6.07) is 3.44. The third-order valence-corrected chi connectivity index (χ3v) is 6.11. The predicted octanol–water partition coefficient (Wildman–Crippen LogP) is 1.69. The number of amides is 3. The van der Waals surface area contributed by atoms with Crippen LogP contribution in [-0.2, 0) is 20.6 Å². The maximum atomic E-state index is 12.7. The van der Waals surface area contributed by atoms with Crippen molar-refractivity contribution >= 4 is 29.5 Å². The van der Waals surface area contributed by atoms with Crippen LogP contribution in [0.4, 0.5) is 13.2 Å². The minimum atomic E-state index is -4.52. The molecule has 0 saturated carbocycles. The second-order valence-electron chi connectivity index (χ2n) is 6.62. The first kappa shape index (κ1) is 20.3. The molecule has 3 rings (SSSR count). The molecule has 2 fully saturated rings. The van der Waals surface area contributed by atoms with Crippen LogP contribution in [-0.4, -0.2) is 45.9 Å². The van der Waals surface area contributed by atoms with Gasteiger partial charge in [-0.15, -0.1) is 11.8 Å². The van der Waals surface area contributed by atoms with Gasteiger partial charge >= 0.3 is 6.18 Å². The Balaban J connectivity index is 1.49. The molecule has 152 valence electrons.